The maximum Gasteiger partial charge on any atom is 0.257 e. The fraction of sp³-hybridized carbons (Fsp3) is 0.462. The summed E-state index contributed by atoms with van der Waals surface area (Å²) in [5.74, 6) is -0.134. The van der Waals surface area contributed by atoms with Gasteiger partial charge in [-0.15, -0.1) is 0 Å². The molecular weight excluding hydrogens is 437 g/mol. The van der Waals surface area contributed by atoms with Gasteiger partial charge in [-0.2, -0.15) is 0 Å². The van der Waals surface area contributed by atoms with Crippen LogP contribution in [0.2, 0.25) is 0 Å². The number of benzene rings is 2. The van der Waals surface area contributed by atoms with Crippen molar-refractivity contribution in [3.8, 4) is 5.75 Å². The molecule has 0 aromatic heterocycles. The Hall–Kier alpha value is -2.97. The SMILES string of the molecule is CO[C@H]1CN(C)C(=O)c2ccc(NC(C)=O)cc2OC[C@H](C)N(Cc2cccc(F)c2)C[C@H]1C. The third kappa shape index (κ3) is 6.55. The minimum atomic E-state index is -0.266. The topological polar surface area (TPSA) is 71.1 Å². The van der Waals surface area contributed by atoms with Gasteiger partial charge in [0.05, 0.1) is 11.7 Å². The maximum absolute atomic E-state index is 13.8. The van der Waals surface area contributed by atoms with Gasteiger partial charge in [-0.05, 0) is 42.7 Å². The predicted molar refractivity (Wildman–Crippen MR) is 129 cm³/mol. The number of likely N-dealkylation sites (N-methyl/N-ethyl adjacent to an activating group) is 1. The van der Waals surface area contributed by atoms with Crippen molar-refractivity contribution in [2.75, 3.05) is 39.2 Å². The van der Waals surface area contributed by atoms with E-state index in [0.717, 1.165) is 5.56 Å². The molecule has 2 aromatic carbocycles. The lowest BCUT2D eigenvalue weighted by Gasteiger charge is -2.36. The van der Waals surface area contributed by atoms with E-state index in [4.69, 9.17) is 9.47 Å². The first kappa shape index (κ1) is 25.6. The molecule has 0 bridgehead atoms. The monoisotopic (exact) mass is 471 g/mol. The predicted octanol–water partition coefficient (Wildman–Crippen LogP) is 3.79. The van der Waals surface area contributed by atoms with Crippen molar-refractivity contribution < 1.29 is 23.5 Å². The third-order valence-electron chi connectivity index (χ3n) is 6.17. The standard InChI is InChI=1S/C26H34FN3O4/c1-17-13-30(14-20-7-6-8-21(27)11-20)18(2)16-34-24-12-22(28-19(3)31)9-10-23(24)26(32)29(4)15-25(17)33-5/h6-12,17-18,25H,13-16H2,1-5H3,(H,28,31)/t17-,18+,25+/m1/s1. The molecule has 0 aliphatic carbocycles. The lowest BCUT2D eigenvalue weighted by Crippen LogP contribution is -2.46. The van der Waals surface area contributed by atoms with Crippen molar-refractivity contribution in [1.29, 1.82) is 0 Å². The van der Waals surface area contributed by atoms with Crippen molar-refractivity contribution in [1.82, 2.24) is 9.80 Å². The Bertz CT molecular complexity index is 1020. The zero-order chi connectivity index (χ0) is 24.8. The van der Waals surface area contributed by atoms with Gasteiger partial charge in [0, 0.05) is 58.5 Å². The quantitative estimate of drug-likeness (QED) is 0.735. The van der Waals surface area contributed by atoms with Gasteiger partial charge < -0.3 is 19.7 Å². The molecule has 1 aliphatic rings. The molecule has 1 aliphatic heterocycles. The lowest BCUT2D eigenvalue weighted by molar-refractivity contribution is -0.114. The number of halogens is 1. The molecular formula is C26H34FN3O4. The van der Waals surface area contributed by atoms with Crippen molar-refractivity contribution >= 4 is 17.5 Å². The van der Waals surface area contributed by atoms with Gasteiger partial charge in [-0.1, -0.05) is 19.1 Å². The minimum Gasteiger partial charge on any atom is -0.491 e. The molecule has 0 radical (unpaired) electrons. The van der Waals surface area contributed by atoms with E-state index >= 15 is 0 Å². The highest BCUT2D eigenvalue weighted by Gasteiger charge is 2.28. The molecule has 3 atom stereocenters. The molecule has 0 saturated carbocycles. The normalized spacial score (nSPS) is 22.2. The first-order valence-corrected chi connectivity index (χ1v) is 11.5. The molecule has 0 unspecified atom stereocenters. The van der Waals surface area contributed by atoms with Gasteiger partial charge in [-0.3, -0.25) is 14.5 Å². The number of hydrogen-bond acceptors (Lipinski definition) is 5. The molecule has 34 heavy (non-hydrogen) atoms. The van der Waals surface area contributed by atoms with Crippen LogP contribution >= 0.6 is 0 Å². The number of amides is 2. The first-order valence-electron chi connectivity index (χ1n) is 11.5. The van der Waals surface area contributed by atoms with E-state index < -0.39 is 0 Å². The Balaban J connectivity index is 1.95. The average molecular weight is 472 g/mol. The molecule has 184 valence electrons. The van der Waals surface area contributed by atoms with Gasteiger partial charge in [0.1, 0.15) is 18.2 Å². The van der Waals surface area contributed by atoms with Crippen molar-refractivity contribution in [2.24, 2.45) is 5.92 Å². The highest BCUT2D eigenvalue weighted by molar-refractivity contribution is 5.98. The van der Waals surface area contributed by atoms with Crippen molar-refractivity contribution in [3.63, 3.8) is 0 Å². The van der Waals surface area contributed by atoms with Gasteiger partial charge in [-0.25, -0.2) is 4.39 Å². The lowest BCUT2D eigenvalue weighted by atomic mass is 10.0. The molecule has 7 nitrogen and oxygen atoms in total. The van der Waals surface area contributed by atoms with Crippen LogP contribution in [0.1, 0.15) is 36.7 Å². The zero-order valence-corrected chi connectivity index (χ0v) is 20.5. The van der Waals surface area contributed by atoms with Gasteiger partial charge in [0.2, 0.25) is 5.91 Å². The number of methoxy groups -OCH3 is 1. The second-order valence-electron chi connectivity index (χ2n) is 9.05. The third-order valence-corrected chi connectivity index (χ3v) is 6.17. The average Bonchev–Trinajstić information content (AvgIpc) is 2.79. The maximum atomic E-state index is 13.8. The summed E-state index contributed by atoms with van der Waals surface area (Å²) >= 11 is 0. The minimum absolute atomic E-state index is 0.0345. The fourth-order valence-corrected chi connectivity index (χ4v) is 4.22. The van der Waals surface area contributed by atoms with E-state index in [1.54, 1.807) is 49.4 Å². The molecule has 8 heteroatoms. The van der Waals surface area contributed by atoms with Crippen LogP contribution in [-0.4, -0.2) is 67.6 Å². The van der Waals surface area contributed by atoms with Crippen LogP contribution in [0.15, 0.2) is 42.5 Å². The zero-order valence-electron chi connectivity index (χ0n) is 20.5. The van der Waals surface area contributed by atoms with E-state index in [1.807, 2.05) is 13.0 Å². The second kappa shape index (κ2) is 11.4. The number of nitrogens with zero attached hydrogens (tertiary/aromatic N) is 2. The molecule has 0 fully saturated rings. The largest absolute Gasteiger partial charge is 0.491 e. The highest BCUT2D eigenvalue weighted by atomic mass is 19.1. The Morgan fingerprint density at radius 2 is 1.97 bits per heavy atom. The van der Waals surface area contributed by atoms with Crippen LogP contribution in [0.25, 0.3) is 0 Å². The first-order chi connectivity index (χ1) is 16.2. The molecule has 3 rings (SSSR count). The summed E-state index contributed by atoms with van der Waals surface area (Å²) in [6, 6.07) is 11.6. The van der Waals surface area contributed by atoms with Crippen LogP contribution in [0.5, 0.6) is 5.75 Å². The Morgan fingerprint density at radius 3 is 2.65 bits per heavy atom. The molecule has 0 saturated heterocycles. The molecule has 2 amide bonds. The van der Waals surface area contributed by atoms with Crippen LogP contribution in [0.3, 0.4) is 0 Å². The van der Waals surface area contributed by atoms with Crippen LogP contribution in [0.4, 0.5) is 10.1 Å². The van der Waals surface area contributed by atoms with Crippen LogP contribution in [0, 0.1) is 11.7 Å². The molecule has 1 heterocycles. The summed E-state index contributed by atoms with van der Waals surface area (Å²) in [6.07, 6.45) is -0.182. The number of hydrogen-bond donors (Lipinski definition) is 1. The number of carbonyl (C=O) groups is 2. The summed E-state index contributed by atoms with van der Waals surface area (Å²) in [5, 5.41) is 2.74. The molecule has 1 N–H and O–H groups in total. The number of rotatable bonds is 4. The summed E-state index contributed by atoms with van der Waals surface area (Å²) in [4.78, 5) is 28.6. The highest BCUT2D eigenvalue weighted by Crippen LogP contribution is 2.27. The number of ether oxygens (including phenoxy) is 2. The molecule has 2 aromatic rings. The van der Waals surface area contributed by atoms with Gasteiger partial charge in [0.15, 0.2) is 0 Å². The summed E-state index contributed by atoms with van der Waals surface area (Å²) < 4.78 is 25.7. The Kier molecular flexibility index (Phi) is 8.63. The van der Waals surface area contributed by atoms with E-state index in [0.29, 0.717) is 43.2 Å². The van der Waals surface area contributed by atoms with E-state index in [1.165, 1.54) is 13.0 Å². The summed E-state index contributed by atoms with van der Waals surface area (Å²) in [7, 11) is 3.40. The van der Waals surface area contributed by atoms with E-state index in [2.05, 4.69) is 17.1 Å². The fourth-order valence-electron chi connectivity index (χ4n) is 4.22. The van der Waals surface area contributed by atoms with Gasteiger partial charge in [0.25, 0.3) is 5.91 Å². The van der Waals surface area contributed by atoms with Gasteiger partial charge >= 0.3 is 0 Å². The smallest absolute Gasteiger partial charge is 0.257 e. The van der Waals surface area contributed by atoms with Crippen molar-refractivity contribution in [3.05, 3.63) is 59.4 Å². The van der Waals surface area contributed by atoms with Crippen LogP contribution in [-0.2, 0) is 16.1 Å². The van der Waals surface area contributed by atoms with E-state index in [9.17, 15) is 14.0 Å². The number of fused-ring (bicyclic) bond motifs is 1. The van der Waals surface area contributed by atoms with E-state index in [-0.39, 0.29) is 35.7 Å². The second-order valence-corrected chi connectivity index (χ2v) is 9.05. The van der Waals surface area contributed by atoms with Crippen LogP contribution < -0.4 is 10.1 Å². The Morgan fingerprint density at radius 1 is 1.21 bits per heavy atom. The summed E-state index contributed by atoms with van der Waals surface area (Å²) in [6.45, 7) is 7.52. The number of carbonyl (C=O) groups excluding carboxylic acids is 2. The number of nitrogens with one attached hydrogen (secondary N) is 1. The molecule has 0 spiro atoms. The van der Waals surface area contributed by atoms with Crippen molar-refractivity contribution in [2.45, 2.75) is 39.5 Å². The Labute approximate surface area is 200 Å². The summed E-state index contributed by atoms with van der Waals surface area (Å²) in [5.41, 5.74) is 1.85. The number of anilines is 1.